The standard InChI is InChI=1S/C19H21BrN2O2.ClH/c1-13(24-16-9-7-15(20)8-10-16)19(23)22-11-17(18(21)12-22)14-5-3-2-4-6-14;/h2-10,13,17-18H,11-12,21H2,1H3;1H/t13?,17-,18+;/m0./s1. The third-order valence-corrected chi connectivity index (χ3v) is 4.91. The van der Waals surface area contributed by atoms with Gasteiger partial charge in [-0.3, -0.25) is 4.79 Å². The maximum absolute atomic E-state index is 12.7. The maximum atomic E-state index is 12.7. The molecule has 0 aromatic heterocycles. The van der Waals surface area contributed by atoms with Gasteiger partial charge in [-0.05, 0) is 36.8 Å². The number of ether oxygens (including phenoxy) is 1. The summed E-state index contributed by atoms with van der Waals surface area (Å²) in [6.07, 6.45) is -0.534. The minimum atomic E-state index is -0.534. The van der Waals surface area contributed by atoms with Crippen molar-refractivity contribution in [1.29, 1.82) is 0 Å². The Morgan fingerprint density at radius 2 is 1.80 bits per heavy atom. The molecule has 0 aliphatic carbocycles. The van der Waals surface area contributed by atoms with Crippen LogP contribution in [0.5, 0.6) is 5.75 Å². The molecule has 1 saturated heterocycles. The predicted octanol–water partition coefficient (Wildman–Crippen LogP) is 3.59. The van der Waals surface area contributed by atoms with Crippen LogP contribution < -0.4 is 10.5 Å². The van der Waals surface area contributed by atoms with Crippen LogP contribution >= 0.6 is 28.3 Å². The number of halogens is 2. The fourth-order valence-corrected chi connectivity index (χ4v) is 3.35. The van der Waals surface area contributed by atoms with Crippen molar-refractivity contribution in [2.75, 3.05) is 13.1 Å². The first-order chi connectivity index (χ1) is 11.5. The van der Waals surface area contributed by atoms with Gasteiger partial charge in [-0.25, -0.2) is 0 Å². The summed E-state index contributed by atoms with van der Waals surface area (Å²) < 4.78 is 6.74. The highest BCUT2D eigenvalue weighted by atomic mass is 79.9. The highest BCUT2D eigenvalue weighted by molar-refractivity contribution is 9.10. The van der Waals surface area contributed by atoms with E-state index in [0.29, 0.717) is 18.8 Å². The zero-order valence-electron chi connectivity index (χ0n) is 14.0. The molecular formula is C19H22BrClN2O2. The number of carbonyl (C=O) groups excluding carboxylic acids is 1. The van der Waals surface area contributed by atoms with Gasteiger partial charge in [0, 0.05) is 29.5 Å². The minimum absolute atomic E-state index is 0. The zero-order chi connectivity index (χ0) is 17.1. The molecule has 1 aliphatic heterocycles. The number of likely N-dealkylation sites (tertiary alicyclic amines) is 1. The molecule has 0 saturated carbocycles. The molecule has 2 aromatic rings. The van der Waals surface area contributed by atoms with Crippen molar-refractivity contribution in [2.24, 2.45) is 5.73 Å². The largest absolute Gasteiger partial charge is 0.481 e. The van der Waals surface area contributed by atoms with Crippen LogP contribution in [0.25, 0.3) is 0 Å². The first kappa shape index (κ1) is 19.8. The van der Waals surface area contributed by atoms with Gasteiger partial charge in [0.25, 0.3) is 5.91 Å². The van der Waals surface area contributed by atoms with E-state index in [9.17, 15) is 4.79 Å². The Morgan fingerprint density at radius 1 is 1.16 bits per heavy atom. The van der Waals surface area contributed by atoms with Crippen LogP contribution in [0, 0.1) is 0 Å². The Morgan fingerprint density at radius 3 is 2.44 bits per heavy atom. The van der Waals surface area contributed by atoms with Crippen LogP contribution in [0.1, 0.15) is 18.4 Å². The number of rotatable bonds is 4. The van der Waals surface area contributed by atoms with Crippen LogP contribution in [0.15, 0.2) is 59.1 Å². The second-order valence-corrected chi connectivity index (χ2v) is 7.05. The van der Waals surface area contributed by atoms with Crippen molar-refractivity contribution in [3.63, 3.8) is 0 Å². The lowest BCUT2D eigenvalue weighted by Gasteiger charge is -2.22. The van der Waals surface area contributed by atoms with Crippen molar-refractivity contribution in [3.8, 4) is 5.75 Å². The monoisotopic (exact) mass is 424 g/mol. The minimum Gasteiger partial charge on any atom is -0.481 e. The van der Waals surface area contributed by atoms with E-state index in [0.717, 1.165) is 4.47 Å². The Bertz CT molecular complexity index is 696. The molecule has 0 bridgehead atoms. The van der Waals surface area contributed by atoms with E-state index in [-0.39, 0.29) is 30.3 Å². The third-order valence-electron chi connectivity index (χ3n) is 4.38. The highest BCUT2D eigenvalue weighted by Gasteiger charge is 2.35. The second-order valence-electron chi connectivity index (χ2n) is 6.14. The summed E-state index contributed by atoms with van der Waals surface area (Å²) in [5, 5.41) is 0. The van der Waals surface area contributed by atoms with Gasteiger partial charge in [-0.2, -0.15) is 0 Å². The fourth-order valence-electron chi connectivity index (χ4n) is 3.09. The quantitative estimate of drug-likeness (QED) is 0.814. The molecule has 1 amide bonds. The Hall–Kier alpha value is -1.56. The molecule has 1 heterocycles. The topological polar surface area (TPSA) is 55.6 Å². The van der Waals surface area contributed by atoms with Crippen LogP contribution in [-0.4, -0.2) is 36.0 Å². The van der Waals surface area contributed by atoms with Crippen LogP contribution in [0.3, 0.4) is 0 Å². The second kappa shape index (κ2) is 8.70. The molecule has 1 unspecified atom stereocenters. The van der Waals surface area contributed by atoms with Crippen molar-refractivity contribution < 1.29 is 9.53 Å². The molecule has 0 spiro atoms. The SMILES string of the molecule is CC(Oc1ccc(Br)cc1)C(=O)N1C[C@@H](N)[C@H](c2ccccc2)C1.Cl. The van der Waals surface area contributed by atoms with Crippen molar-refractivity contribution in [3.05, 3.63) is 64.6 Å². The first-order valence-corrected chi connectivity index (χ1v) is 8.85. The molecule has 2 N–H and O–H groups in total. The number of nitrogens with zero attached hydrogens (tertiary/aromatic N) is 1. The van der Waals surface area contributed by atoms with Gasteiger partial charge in [-0.1, -0.05) is 46.3 Å². The third kappa shape index (κ3) is 4.75. The van der Waals surface area contributed by atoms with Crippen molar-refractivity contribution >= 4 is 34.2 Å². The van der Waals surface area contributed by atoms with Crippen LogP contribution in [-0.2, 0) is 4.79 Å². The normalized spacial score (nSPS) is 20.7. The molecule has 3 atom stereocenters. The lowest BCUT2D eigenvalue weighted by atomic mass is 9.95. The maximum Gasteiger partial charge on any atom is 0.263 e. The number of hydrogen-bond donors (Lipinski definition) is 1. The van der Waals surface area contributed by atoms with E-state index in [2.05, 4.69) is 28.1 Å². The lowest BCUT2D eigenvalue weighted by Crippen LogP contribution is -2.40. The summed E-state index contributed by atoms with van der Waals surface area (Å²) in [4.78, 5) is 14.5. The molecule has 2 aromatic carbocycles. The van der Waals surface area contributed by atoms with Crippen molar-refractivity contribution in [2.45, 2.75) is 25.0 Å². The number of hydrogen-bond acceptors (Lipinski definition) is 3. The summed E-state index contributed by atoms with van der Waals surface area (Å²) in [5.41, 5.74) is 7.45. The Kier molecular flexibility index (Phi) is 6.87. The van der Waals surface area contributed by atoms with Gasteiger partial charge >= 0.3 is 0 Å². The van der Waals surface area contributed by atoms with Gasteiger partial charge in [0.1, 0.15) is 5.75 Å². The number of nitrogens with two attached hydrogens (primary N) is 1. The molecule has 3 rings (SSSR count). The number of carbonyl (C=O) groups is 1. The number of benzene rings is 2. The summed E-state index contributed by atoms with van der Waals surface area (Å²) in [7, 11) is 0. The fraction of sp³-hybridized carbons (Fsp3) is 0.316. The van der Waals surface area contributed by atoms with E-state index < -0.39 is 6.10 Å². The van der Waals surface area contributed by atoms with Crippen LogP contribution in [0.4, 0.5) is 0 Å². The molecule has 6 heteroatoms. The van der Waals surface area contributed by atoms with E-state index in [1.807, 2.05) is 47.4 Å². The molecule has 25 heavy (non-hydrogen) atoms. The van der Waals surface area contributed by atoms with Gasteiger partial charge in [0.15, 0.2) is 6.10 Å². The molecule has 134 valence electrons. The molecule has 0 radical (unpaired) electrons. The Labute approximate surface area is 162 Å². The first-order valence-electron chi connectivity index (χ1n) is 8.06. The van der Waals surface area contributed by atoms with E-state index in [1.54, 1.807) is 6.92 Å². The van der Waals surface area contributed by atoms with Crippen LogP contribution in [0.2, 0.25) is 0 Å². The average Bonchev–Trinajstić information content (AvgIpc) is 2.99. The number of amides is 1. The average molecular weight is 426 g/mol. The lowest BCUT2D eigenvalue weighted by molar-refractivity contribution is -0.136. The van der Waals surface area contributed by atoms with Crippen molar-refractivity contribution in [1.82, 2.24) is 4.90 Å². The molecule has 4 nitrogen and oxygen atoms in total. The highest BCUT2D eigenvalue weighted by Crippen LogP contribution is 2.27. The van der Waals surface area contributed by atoms with E-state index in [1.165, 1.54) is 5.56 Å². The van der Waals surface area contributed by atoms with Gasteiger partial charge in [0.05, 0.1) is 0 Å². The van der Waals surface area contributed by atoms with E-state index >= 15 is 0 Å². The molecular weight excluding hydrogens is 404 g/mol. The summed E-state index contributed by atoms with van der Waals surface area (Å²) >= 11 is 3.39. The van der Waals surface area contributed by atoms with Gasteiger partial charge in [-0.15, -0.1) is 12.4 Å². The summed E-state index contributed by atoms with van der Waals surface area (Å²) in [5.74, 6) is 0.837. The van der Waals surface area contributed by atoms with E-state index in [4.69, 9.17) is 10.5 Å². The zero-order valence-corrected chi connectivity index (χ0v) is 16.4. The smallest absolute Gasteiger partial charge is 0.263 e. The van der Waals surface area contributed by atoms with Gasteiger partial charge in [0.2, 0.25) is 0 Å². The Balaban J connectivity index is 0.00000225. The molecule has 1 fully saturated rings. The molecule has 1 aliphatic rings. The van der Waals surface area contributed by atoms with Gasteiger partial charge < -0.3 is 15.4 Å². The summed E-state index contributed by atoms with van der Waals surface area (Å²) in [6.45, 7) is 2.98. The summed E-state index contributed by atoms with van der Waals surface area (Å²) in [6, 6.07) is 17.6. The predicted molar refractivity (Wildman–Crippen MR) is 105 cm³/mol.